The summed E-state index contributed by atoms with van der Waals surface area (Å²) in [4.78, 5) is 21.1. The van der Waals surface area contributed by atoms with E-state index in [2.05, 4.69) is 25.6 Å². The van der Waals surface area contributed by atoms with Gasteiger partial charge in [-0.05, 0) is 6.07 Å². The first-order valence-electron chi connectivity index (χ1n) is 9.91. The summed E-state index contributed by atoms with van der Waals surface area (Å²) in [6.45, 7) is -0.453. The SMILES string of the molecule is CNC(=O)c1ncc(Cl)cc1S[C@H]1O[C@H](CO)[C@H](O)[C@H](n2cc(-c3nc(Cl)cs3)nn2)[C@H]1OC. The van der Waals surface area contributed by atoms with Gasteiger partial charge in [0, 0.05) is 30.6 Å². The Morgan fingerprint density at radius 3 is 2.88 bits per heavy atom. The Kier molecular flexibility index (Phi) is 8.05. The number of thioether (sulfide) groups is 1. The van der Waals surface area contributed by atoms with Crippen LogP contribution >= 0.6 is 46.3 Å². The molecule has 0 aliphatic carbocycles. The van der Waals surface area contributed by atoms with Crippen molar-refractivity contribution in [3.63, 3.8) is 0 Å². The monoisotopic (exact) mass is 546 g/mol. The molecular formula is C19H20Cl2N6O5S2. The minimum atomic E-state index is -1.17. The third-order valence-electron chi connectivity index (χ3n) is 5.11. The van der Waals surface area contributed by atoms with E-state index in [9.17, 15) is 15.0 Å². The van der Waals surface area contributed by atoms with Crippen LogP contribution in [0, 0.1) is 0 Å². The van der Waals surface area contributed by atoms with Gasteiger partial charge < -0.3 is 25.0 Å². The van der Waals surface area contributed by atoms with Crippen molar-refractivity contribution in [2.45, 2.75) is 34.7 Å². The van der Waals surface area contributed by atoms with E-state index in [0.717, 1.165) is 11.8 Å². The highest BCUT2D eigenvalue weighted by Crippen LogP contribution is 2.41. The summed E-state index contributed by atoms with van der Waals surface area (Å²) >= 11 is 14.5. The number of pyridine rings is 1. The fraction of sp³-hybridized carbons (Fsp3) is 0.421. The van der Waals surface area contributed by atoms with Gasteiger partial charge in [-0.25, -0.2) is 14.6 Å². The van der Waals surface area contributed by atoms with Gasteiger partial charge in [0.2, 0.25) is 0 Å². The van der Waals surface area contributed by atoms with E-state index in [1.165, 1.54) is 36.4 Å². The smallest absolute Gasteiger partial charge is 0.270 e. The third-order valence-corrected chi connectivity index (χ3v) is 7.68. The number of hydrogen-bond donors (Lipinski definition) is 3. The predicted octanol–water partition coefficient (Wildman–Crippen LogP) is 1.89. The van der Waals surface area contributed by atoms with Crippen LogP contribution in [-0.4, -0.2) is 85.6 Å². The number of nitrogens with one attached hydrogen (secondary N) is 1. The number of methoxy groups -OCH3 is 1. The average Bonchev–Trinajstić information content (AvgIpc) is 3.48. The summed E-state index contributed by atoms with van der Waals surface area (Å²) in [5, 5.41) is 34.6. The summed E-state index contributed by atoms with van der Waals surface area (Å²) in [6, 6.07) is 0.814. The molecule has 0 saturated carbocycles. The lowest BCUT2D eigenvalue weighted by molar-refractivity contribution is -0.186. The number of aliphatic hydroxyl groups is 2. The van der Waals surface area contributed by atoms with Gasteiger partial charge >= 0.3 is 0 Å². The van der Waals surface area contributed by atoms with Crippen LogP contribution in [-0.2, 0) is 9.47 Å². The molecule has 3 aromatic heterocycles. The topological polar surface area (TPSA) is 145 Å². The van der Waals surface area contributed by atoms with E-state index < -0.39 is 42.3 Å². The van der Waals surface area contributed by atoms with Gasteiger partial charge in [0.05, 0.1) is 17.8 Å². The molecule has 5 atom stereocenters. The van der Waals surface area contributed by atoms with Gasteiger partial charge in [-0.15, -0.1) is 16.4 Å². The highest BCUT2D eigenvalue weighted by atomic mass is 35.5. The molecule has 4 rings (SSSR count). The maximum atomic E-state index is 12.3. The quantitative estimate of drug-likeness (QED) is 0.401. The van der Waals surface area contributed by atoms with Crippen LogP contribution in [0.25, 0.3) is 10.7 Å². The molecule has 3 N–H and O–H groups in total. The summed E-state index contributed by atoms with van der Waals surface area (Å²) in [6.07, 6.45) is 0.113. The van der Waals surface area contributed by atoms with Gasteiger partial charge in [-0.3, -0.25) is 4.79 Å². The number of thiazole rings is 1. The van der Waals surface area contributed by atoms with Crippen LogP contribution in [0.5, 0.6) is 0 Å². The van der Waals surface area contributed by atoms with Crippen LogP contribution in [0.3, 0.4) is 0 Å². The van der Waals surface area contributed by atoms with Crippen molar-refractivity contribution in [1.29, 1.82) is 0 Å². The highest BCUT2D eigenvalue weighted by molar-refractivity contribution is 8.00. The number of carbonyl (C=O) groups excluding carboxylic acids is 1. The first-order valence-corrected chi connectivity index (χ1v) is 12.4. The molecule has 3 aromatic rings. The zero-order valence-electron chi connectivity index (χ0n) is 17.8. The maximum Gasteiger partial charge on any atom is 0.270 e. The number of hydrogen-bond acceptors (Lipinski definition) is 11. The Bertz CT molecular complexity index is 1160. The number of ether oxygens (including phenoxy) is 2. The number of carbonyl (C=O) groups is 1. The molecule has 34 heavy (non-hydrogen) atoms. The molecule has 0 aromatic carbocycles. The van der Waals surface area contributed by atoms with Crippen molar-refractivity contribution in [2.75, 3.05) is 20.8 Å². The molecule has 1 aliphatic rings. The number of halogens is 2. The standard InChI is InChI=1S/C19H20Cl2N6O5S2/c1-22-17(30)13-11(3-8(20)4-23-13)34-19-16(31-2)14(15(29)10(6-28)32-19)27-5-9(25-26-27)18-24-12(21)7-33-18/h3-5,7,10,14-16,19,28-29H,6H2,1-2H3,(H,22,30)/t10-,14+,15+,16-,19-/m1/s1. The molecule has 1 aliphatic heterocycles. The second kappa shape index (κ2) is 10.8. The average molecular weight is 547 g/mol. The van der Waals surface area contributed by atoms with Crippen LogP contribution < -0.4 is 5.32 Å². The van der Waals surface area contributed by atoms with Crippen LogP contribution in [0.15, 0.2) is 28.7 Å². The Morgan fingerprint density at radius 2 is 2.24 bits per heavy atom. The van der Waals surface area contributed by atoms with Crippen molar-refractivity contribution >= 4 is 52.2 Å². The molecule has 4 heterocycles. The molecule has 0 bridgehead atoms. The van der Waals surface area contributed by atoms with E-state index in [0.29, 0.717) is 25.8 Å². The Hall–Kier alpha value is -1.84. The zero-order valence-corrected chi connectivity index (χ0v) is 21.0. The minimum absolute atomic E-state index is 0.155. The van der Waals surface area contributed by atoms with Crippen molar-refractivity contribution in [3.05, 3.63) is 39.7 Å². The number of amides is 1. The normalized spacial score (nSPS) is 24.8. The summed E-state index contributed by atoms with van der Waals surface area (Å²) in [7, 11) is 2.96. The van der Waals surface area contributed by atoms with E-state index in [1.54, 1.807) is 17.6 Å². The van der Waals surface area contributed by atoms with Crippen LogP contribution in [0.1, 0.15) is 16.5 Å². The summed E-state index contributed by atoms with van der Waals surface area (Å²) in [5.74, 6) is -0.401. The first kappa shape index (κ1) is 25.3. The van der Waals surface area contributed by atoms with E-state index in [1.807, 2.05) is 0 Å². The Labute approximate surface area is 212 Å². The fourth-order valence-corrected chi connectivity index (χ4v) is 5.95. The number of nitrogens with zero attached hydrogens (tertiary/aromatic N) is 5. The lowest BCUT2D eigenvalue weighted by atomic mass is 9.97. The Morgan fingerprint density at radius 1 is 1.44 bits per heavy atom. The van der Waals surface area contributed by atoms with Gasteiger partial charge in [0.1, 0.15) is 51.3 Å². The molecule has 11 nitrogen and oxygen atoms in total. The molecule has 0 unspecified atom stereocenters. The predicted molar refractivity (Wildman–Crippen MR) is 126 cm³/mol. The minimum Gasteiger partial charge on any atom is -0.394 e. The molecular weight excluding hydrogens is 527 g/mol. The number of rotatable bonds is 7. The molecule has 182 valence electrons. The molecule has 15 heteroatoms. The summed E-state index contributed by atoms with van der Waals surface area (Å²) < 4.78 is 13.1. The second-order valence-corrected chi connectivity index (χ2v) is 9.99. The molecule has 1 fully saturated rings. The largest absolute Gasteiger partial charge is 0.394 e. The van der Waals surface area contributed by atoms with Crippen molar-refractivity contribution in [1.82, 2.24) is 30.3 Å². The lowest BCUT2D eigenvalue weighted by Gasteiger charge is -2.43. The molecule has 0 spiro atoms. The third kappa shape index (κ3) is 5.06. The van der Waals surface area contributed by atoms with E-state index in [-0.39, 0.29) is 5.69 Å². The van der Waals surface area contributed by atoms with Gasteiger partial charge in [-0.1, -0.05) is 40.2 Å². The second-order valence-electron chi connectivity index (χ2n) is 7.16. The highest BCUT2D eigenvalue weighted by Gasteiger charge is 2.47. The van der Waals surface area contributed by atoms with Gasteiger partial charge in [0.25, 0.3) is 5.91 Å². The number of aliphatic hydroxyl groups excluding tert-OH is 2. The molecule has 1 amide bonds. The molecule has 0 radical (unpaired) electrons. The van der Waals surface area contributed by atoms with Crippen LogP contribution in [0.2, 0.25) is 10.2 Å². The fourth-order valence-electron chi connectivity index (χ4n) is 3.53. The van der Waals surface area contributed by atoms with Crippen molar-refractivity contribution in [3.8, 4) is 10.7 Å². The van der Waals surface area contributed by atoms with Crippen molar-refractivity contribution < 1.29 is 24.5 Å². The lowest BCUT2D eigenvalue weighted by Crippen LogP contribution is -2.55. The number of aromatic nitrogens is 5. The van der Waals surface area contributed by atoms with Gasteiger partial charge in [0.15, 0.2) is 0 Å². The van der Waals surface area contributed by atoms with E-state index in [4.69, 9.17) is 32.7 Å². The van der Waals surface area contributed by atoms with Crippen molar-refractivity contribution in [2.24, 2.45) is 0 Å². The molecule has 1 saturated heterocycles. The first-order chi connectivity index (χ1) is 16.4. The van der Waals surface area contributed by atoms with Crippen LogP contribution in [0.4, 0.5) is 0 Å². The summed E-state index contributed by atoms with van der Waals surface area (Å²) in [5.41, 5.74) is -0.139. The van der Waals surface area contributed by atoms with E-state index >= 15 is 0 Å². The Balaban J connectivity index is 1.68. The van der Waals surface area contributed by atoms with Gasteiger partial charge in [-0.2, -0.15) is 0 Å². The maximum absolute atomic E-state index is 12.3. The zero-order chi connectivity index (χ0) is 24.4.